The number of piperazine rings is 1. The summed E-state index contributed by atoms with van der Waals surface area (Å²) >= 11 is 3.39. The monoisotopic (exact) mass is 492 g/mol. The molecule has 166 valence electrons. The summed E-state index contributed by atoms with van der Waals surface area (Å²) in [6.45, 7) is 4.70. The minimum absolute atomic E-state index is 0.0322. The van der Waals surface area contributed by atoms with Gasteiger partial charge < -0.3 is 14.4 Å². The van der Waals surface area contributed by atoms with Crippen molar-refractivity contribution in [1.82, 2.24) is 9.80 Å². The van der Waals surface area contributed by atoms with Gasteiger partial charge >= 0.3 is 5.97 Å². The van der Waals surface area contributed by atoms with Crippen LogP contribution in [0, 0.1) is 5.82 Å². The van der Waals surface area contributed by atoms with E-state index < -0.39 is 0 Å². The number of esters is 1. The van der Waals surface area contributed by atoms with Gasteiger partial charge in [-0.2, -0.15) is 0 Å². The number of hydrogen-bond acceptors (Lipinski definition) is 5. The average molecular weight is 493 g/mol. The maximum Gasteiger partial charge on any atom is 0.310 e. The van der Waals surface area contributed by atoms with E-state index in [4.69, 9.17) is 9.47 Å². The molecule has 0 bridgehead atoms. The average Bonchev–Trinajstić information content (AvgIpc) is 2.74. The van der Waals surface area contributed by atoms with E-state index in [9.17, 15) is 14.0 Å². The highest BCUT2D eigenvalue weighted by Gasteiger charge is 2.27. The summed E-state index contributed by atoms with van der Waals surface area (Å²) in [6.07, 6.45) is 0.0674. The molecule has 1 aliphatic heterocycles. The number of carbonyl (C=O) groups excluding carboxylic acids is 2. The number of nitrogens with zero attached hydrogens (tertiary/aromatic N) is 2. The summed E-state index contributed by atoms with van der Waals surface area (Å²) in [4.78, 5) is 28.5. The van der Waals surface area contributed by atoms with Crippen LogP contribution in [0.4, 0.5) is 4.39 Å². The lowest BCUT2D eigenvalue weighted by Crippen LogP contribution is -2.54. The van der Waals surface area contributed by atoms with Crippen LogP contribution in [-0.2, 0) is 27.3 Å². The lowest BCUT2D eigenvalue weighted by Gasteiger charge is -2.39. The van der Waals surface area contributed by atoms with Crippen LogP contribution in [0.1, 0.15) is 18.1 Å². The number of benzene rings is 2. The molecule has 0 saturated carbocycles. The van der Waals surface area contributed by atoms with Crippen LogP contribution in [-0.4, -0.2) is 61.1 Å². The maximum absolute atomic E-state index is 13.1. The van der Waals surface area contributed by atoms with Gasteiger partial charge in [0.2, 0.25) is 0 Å². The van der Waals surface area contributed by atoms with Crippen LogP contribution >= 0.6 is 15.9 Å². The predicted molar refractivity (Wildman–Crippen MR) is 118 cm³/mol. The van der Waals surface area contributed by atoms with Gasteiger partial charge in [-0.3, -0.25) is 14.5 Å². The lowest BCUT2D eigenvalue weighted by atomic mass is 10.1. The highest BCUT2D eigenvalue weighted by molar-refractivity contribution is 9.10. The third kappa shape index (κ3) is 6.51. The minimum Gasteiger partial charge on any atom is -0.483 e. The first kappa shape index (κ1) is 23.2. The first-order valence-electron chi connectivity index (χ1n) is 10.1. The molecule has 1 heterocycles. The Morgan fingerprint density at radius 1 is 1.16 bits per heavy atom. The van der Waals surface area contributed by atoms with Gasteiger partial charge in [0.25, 0.3) is 5.91 Å². The predicted octanol–water partition coefficient (Wildman–Crippen LogP) is 3.42. The van der Waals surface area contributed by atoms with Gasteiger partial charge in [0.05, 0.1) is 13.5 Å². The summed E-state index contributed by atoms with van der Waals surface area (Å²) < 4.78 is 24.4. The van der Waals surface area contributed by atoms with Crippen molar-refractivity contribution in [3.63, 3.8) is 0 Å². The first-order chi connectivity index (χ1) is 14.9. The maximum atomic E-state index is 13.1. The zero-order valence-corrected chi connectivity index (χ0v) is 19.2. The van der Waals surface area contributed by atoms with E-state index in [1.807, 2.05) is 11.8 Å². The fourth-order valence-electron chi connectivity index (χ4n) is 3.67. The van der Waals surface area contributed by atoms with Gasteiger partial charge in [0, 0.05) is 42.3 Å². The van der Waals surface area contributed by atoms with Crippen LogP contribution in [0.15, 0.2) is 46.9 Å². The van der Waals surface area contributed by atoms with Crippen LogP contribution in [0.5, 0.6) is 5.75 Å². The molecule has 0 radical (unpaired) electrons. The topological polar surface area (TPSA) is 59.1 Å². The fraction of sp³-hybridized carbons (Fsp3) is 0.391. The Labute approximate surface area is 190 Å². The van der Waals surface area contributed by atoms with Crippen LogP contribution < -0.4 is 4.74 Å². The molecule has 1 fully saturated rings. The number of hydrogen-bond donors (Lipinski definition) is 0. The number of rotatable bonds is 7. The number of ether oxygens (including phenoxy) is 2. The van der Waals surface area contributed by atoms with Gasteiger partial charge in [0.1, 0.15) is 11.6 Å². The standard InChI is InChI=1S/C23H26BrFN2O4/c1-16-13-26(14-17-3-6-20(25)7-4-17)9-10-27(16)22(28)15-31-21-8-5-19(24)11-18(21)12-23(29)30-2/h3-8,11,16H,9-10,12-15H2,1-2H3. The van der Waals surface area contributed by atoms with Gasteiger partial charge in [-0.15, -0.1) is 0 Å². The Morgan fingerprint density at radius 2 is 1.90 bits per heavy atom. The van der Waals surface area contributed by atoms with E-state index in [0.717, 1.165) is 29.7 Å². The molecule has 0 aromatic heterocycles. The number of carbonyl (C=O) groups is 2. The molecule has 0 spiro atoms. The van der Waals surface area contributed by atoms with Crippen LogP contribution in [0.3, 0.4) is 0 Å². The second kappa shape index (κ2) is 10.7. The molecular formula is C23H26BrFN2O4. The molecule has 3 rings (SSSR count). The van der Waals surface area contributed by atoms with Gasteiger partial charge in [0.15, 0.2) is 6.61 Å². The summed E-state index contributed by atoms with van der Waals surface area (Å²) in [5, 5.41) is 0. The Bertz CT molecular complexity index is 922. The summed E-state index contributed by atoms with van der Waals surface area (Å²) in [5.41, 5.74) is 1.70. The minimum atomic E-state index is -0.375. The van der Waals surface area contributed by atoms with Gasteiger partial charge in [-0.1, -0.05) is 28.1 Å². The molecule has 1 saturated heterocycles. The van der Waals surface area contributed by atoms with Crippen molar-refractivity contribution in [2.75, 3.05) is 33.4 Å². The number of halogens is 2. The molecule has 1 unspecified atom stereocenters. The Balaban J connectivity index is 1.54. The van der Waals surface area contributed by atoms with Crippen LogP contribution in [0.25, 0.3) is 0 Å². The molecule has 8 heteroatoms. The van der Waals surface area contributed by atoms with Crippen molar-refractivity contribution in [2.24, 2.45) is 0 Å². The Hall–Kier alpha value is -2.45. The van der Waals surface area contributed by atoms with Crippen molar-refractivity contribution in [1.29, 1.82) is 0 Å². The molecule has 2 aromatic rings. The van der Waals surface area contributed by atoms with Crippen molar-refractivity contribution < 1.29 is 23.5 Å². The van der Waals surface area contributed by atoms with Crippen molar-refractivity contribution >= 4 is 27.8 Å². The first-order valence-corrected chi connectivity index (χ1v) is 10.9. The molecule has 0 aliphatic carbocycles. The van der Waals surface area contributed by atoms with Gasteiger partial charge in [-0.05, 0) is 42.8 Å². The highest BCUT2D eigenvalue weighted by Crippen LogP contribution is 2.24. The van der Waals surface area contributed by atoms with Crippen molar-refractivity contribution in [3.8, 4) is 5.75 Å². The van der Waals surface area contributed by atoms with E-state index in [2.05, 4.69) is 20.8 Å². The van der Waals surface area contributed by atoms with Gasteiger partial charge in [-0.25, -0.2) is 4.39 Å². The Kier molecular flexibility index (Phi) is 8.03. The number of amides is 1. The lowest BCUT2D eigenvalue weighted by molar-refractivity contribution is -0.139. The molecule has 1 aliphatic rings. The molecule has 1 atom stereocenters. The molecular weight excluding hydrogens is 467 g/mol. The zero-order chi connectivity index (χ0) is 22.4. The molecule has 6 nitrogen and oxygen atoms in total. The fourth-order valence-corrected chi connectivity index (χ4v) is 4.08. The highest BCUT2D eigenvalue weighted by atomic mass is 79.9. The normalized spacial score (nSPS) is 16.8. The van der Waals surface area contributed by atoms with E-state index in [-0.39, 0.29) is 36.8 Å². The van der Waals surface area contributed by atoms with E-state index in [1.54, 1.807) is 30.3 Å². The van der Waals surface area contributed by atoms with E-state index in [1.165, 1.54) is 19.2 Å². The van der Waals surface area contributed by atoms with Crippen LogP contribution in [0.2, 0.25) is 0 Å². The summed E-state index contributed by atoms with van der Waals surface area (Å²) in [6, 6.07) is 11.9. The second-order valence-corrected chi connectivity index (χ2v) is 8.51. The largest absolute Gasteiger partial charge is 0.483 e. The second-order valence-electron chi connectivity index (χ2n) is 7.59. The number of methoxy groups -OCH3 is 1. The molecule has 31 heavy (non-hydrogen) atoms. The van der Waals surface area contributed by atoms with Crippen molar-refractivity contribution in [3.05, 3.63) is 63.9 Å². The SMILES string of the molecule is COC(=O)Cc1cc(Br)ccc1OCC(=O)N1CCN(Cc2ccc(F)cc2)CC1C. The molecule has 2 aromatic carbocycles. The smallest absolute Gasteiger partial charge is 0.310 e. The Morgan fingerprint density at radius 3 is 2.58 bits per heavy atom. The zero-order valence-electron chi connectivity index (χ0n) is 17.6. The summed E-state index contributed by atoms with van der Waals surface area (Å²) in [5.74, 6) is -0.223. The van der Waals surface area contributed by atoms with E-state index >= 15 is 0 Å². The molecule has 1 amide bonds. The molecule has 0 N–H and O–H groups in total. The summed E-state index contributed by atoms with van der Waals surface area (Å²) in [7, 11) is 1.33. The quantitative estimate of drug-likeness (QED) is 0.554. The van der Waals surface area contributed by atoms with E-state index in [0.29, 0.717) is 17.9 Å². The third-order valence-electron chi connectivity index (χ3n) is 5.29. The van der Waals surface area contributed by atoms with Crippen molar-refractivity contribution in [2.45, 2.75) is 25.9 Å². The third-order valence-corrected chi connectivity index (χ3v) is 5.78.